The number of aromatic hydroxyl groups is 1. The lowest BCUT2D eigenvalue weighted by Gasteiger charge is -2.44. The summed E-state index contributed by atoms with van der Waals surface area (Å²) in [7, 11) is 0. The molecule has 2 aromatic carbocycles. The Balaban J connectivity index is 1.44. The topological polar surface area (TPSA) is 75.0 Å². The van der Waals surface area contributed by atoms with Gasteiger partial charge in [-0.15, -0.1) is 11.8 Å². The number of hydrogen-bond donors (Lipinski definition) is 1. The van der Waals surface area contributed by atoms with E-state index in [2.05, 4.69) is 35.3 Å². The van der Waals surface area contributed by atoms with Gasteiger partial charge in [0.2, 0.25) is 5.43 Å². The van der Waals surface area contributed by atoms with Gasteiger partial charge in [-0.05, 0) is 29.2 Å². The van der Waals surface area contributed by atoms with Crippen LogP contribution in [-0.2, 0) is 5.75 Å². The average Bonchev–Trinajstić information content (AvgIpc) is 3.75. The highest BCUT2D eigenvalue weighted by Crippen LogP contribution is 2.70. The number of amides is 1. The monoisotopic (exact) mass is 471 g/mol. The van der Waals surface area contributed by atoms with Gasteiger partial charge in [-0.1, -0.05) is 30.3 Å². The molecule has 5 aliphatic rings. The minimum absolute atomic E-state index is 0.0400. The van der Waals surface area contributed by atoms with E-state index in [1.165, 1.54) is 16.5 Å². The van der Waals surface area contributed by atoms with Crippen LogP contribution < -0.4 is 15.2 Å². The molecule has 4 heterocycles. The number of thioether (sulfide) groups is 1. The van der Waals surface area contributed by atoms with Crippen LogP contribution in [0.15, 0.2) is 64.4 Å². The Kier molecular flexibility index (Phi) is 3.56. The first-order valence-electron chi connectivity index (χ1n) is 11.6. The zero-order valence-electron chi connectivity index (χ0n) is 18.1. The second kappa shape index (κ2) is 6.39. The van der Waals surface area contributed by atoms with E-state index in [1.807, 2.05) is 12.1 Å². The number of rotatable bonds is 0. The lowest BCUT2D eigenvalue weighted by molar-refractivity contribution is 0.0648. The van der Waals surface area contributed by atoms with Crippen molar-refractivity contribution in [1.82, 2.24) is 9.58 Å². The van der Waals surface area contributed by atoms with Crippen molar-refractivity contribution < 1.29 is 14.6 Å². The van der Waals surface area contributed by atoms with Crippen LogP contribution in [0.5, 0.6) is 11.5 Å². The summed E-state index contributed by atoms with van der Waals surface area (Å²) < 4.78 is 8.29. The van der Waals surface area contributed by atoms with Gasteiger partial charge in [0.15, 0.2) is 11.4 Å². The number of fused-ring (bicyclic) bond motifs is 9. The number of pyridine rings is 1. The molecule has 8 rings (SSSR count). The minimum atomic E-state index is -0.540. The Hall–Kier alpha value is -3.39. The molecule has 170 valence electrons. The molecule has 2 aliphatic carbocycles. The van der Waals surface area contributed by atoms with Crippen LogP contribution in [0.25, 0.3) is 0 Å². The fourth-order valence-electron chi connectivity index (χ4n) is 6.22. The van der Waals surface area contributed by atoms with E-state index in [-0.39, 0.29) is 23.7 Å². The highest BCUT2D eigenvalue weighted by Gasteiger charge is 2.76. The van der Waals surface area contributed by atoms with Crippen molar-refractivity contribution in [2.24, 2.45) is 17.8 Å². The summed E-state index contributed by atoms with van der Waals surface area (Å²) in [5, 5.41) is 12.8. The third-order valence-corrected chi connectivity index (χ3v) is 9.20. The molecule has 8 heteroatoms. The van der Waals surface area contributed by atoms with Crippen LogP contribution in [0.3, 0.4) is 0 Å². The van der Waals surface area contributed by atoms with Gasteiger partial charge in [0.1, 0.15) is 24.6 Å². The van der Waals surface area contributed by atoms with E-state index >= 15 is 0 Å². The first-order chi connectivity index (χ1) is 16.6. The van der Waals surface area contributed by atoms with Crippen molar-refractivity contribution in [2.75, 3.05) is 18.2 Å². The van der Waals surface area contributed by atoms with Gasteiger partial charge in [0, 0.05) is 46.9 Å². The number of carbonyl (C=O) groups is 1. The summed E-state index contributed by atoms with van der Waals surface area (Å²) in [5.74, 6) is 2.31. The number of benzene rings is 2. The van der Waals surface area contributed by atoms with Gasteiger partial charge >= 0.3 is 0 Å². The Morgan fingerprint density at radius 2 is 1.88 bits per heavy atom. The van der Waals surface area contributed by atoms with Gasteiger partial charge in [-0.25, -0.2) is 0 Å². The maximum Gasteiger partial charge on any atom is 0.277 e. The fraction of sp³-hybridized carbons (Fsp3) is 0.308. The number of ether oxygens (including phenoxy) is 1. The smallest absolute Gasteiger partial charge is 0.277 e. The molecule has 1 aromatic heterocycles. The second-order valence-electron chi connectivity index (χ2n) is 9.79. The molecule has 3 aliphatic heterocycles. The Morgan fingerprint density at radius 3 is 2.76 bits per heavy atom. The van der Waals surface area contributed by atoms with Crippen molar-refractivity contribution in [3.63, 3.8) is 0 Å². The lowest BCUT2D eigenvalue weighted by Crippen LogP contribution is -2.56. The Bertz CT molecular complexity index is 1460. The normalized spacial score (nSPS) is 29.4. The van der Waals surface area contributed by atoms with E-state index < -0.39 is 11.2 Å². The molecule has 1 N–H and O–H groups in total. The van der Waals surface area contributed by atoms with Crippen molar-refractivity contribution in [3.8, 4) is 11.5 Å². The van der Waals surface area contributed by atoms with Crippen LogP contribution in [-0.4, -0.2) is 39.9 Å². The Labute approximate surface area is 199 Å². The van der Waals surface area contributed by atoms with E-state index in [0.29, 0.717) is 31.0 Å². The zero-order valence-corrected chi connectivity index (χ0v) is 18.9. The van der Waals surface area contributed by atoms with E-state index in [1.54, 1.807) is 27.5 Å². The van der Waals surface area contributed by atoms with E-state index in [9.17, 15) is 14.7 Å². The standard InChI is InChI=1S/C26H21N3O4S/c30-16-8-9-28-23(24(16)31)26(32)27-10-15-20-21(15)25(20)33-17-6-3-4-13-11-34-18-7-2-1-5-14(18)22(19(13)17)29(28)12-27/h1-9,15,20-22,25,31H,10-12H2/t15?,20-,21?,22-,25?/m0/s1. The molecule has 2 bridgehead atoms. The molecule has 5 atom stereocenters. The third-order valence-electron chi connectivity index (χ3n) is 8.07. The number of hydrogen-bond acceptors (Lipinski definition) is 6. The summed E-state index contributed by atoms with van der Waals surface area (Å²) in [4.78, 5) is 28.8. The van der Waals surface area contributed by atoms with Crippen molar-refractivity contribution in [1.29, 1.82) is 0 Å². The summed E-state index contributed by atoms with van der Waals surface area (Å²) in [5.41, 5.74) is 2.92. The second-order valence-corrected chi connectivity index (χ2v) is 10.8. The predicted octanol–water partition coefficient (Wildman–Crippen LogP) is 2.94. The first-order valence-corrected chi connectivity index (χ1v) is 12.6. The van der Waals surface area contributed by atoms with Gasteiger partial charge < -0.3 is 14.7 Å². The molecule has 3 unspecified atom stereocenters. The van der Waals surface area contributed by atoms with Crippen molar-refractivity contribution >= 4 is 17.7 Å². The molecule has 7 nitrogen and oxygen atoms in total. The van der Waals surface area contributed by atoms with Crippen LogP contribution >= 0.6 is 11.8 Å². The molecule has 0 saturated heterocycles. The van der Waals surface area contributed by atoms with Crippen LogP contribution in [0, 0.1) is 17.8 Å². The molecule has 2 saturated carbocycles. The molecule has 3 aromatic rings. The SMILES string of the molecule is O=C1c2c(O)c(=O)ccn2N2CN1CC1C3C(Oc4cccc5c4[C@@H]2c2ccccc2SC5)[C@@H]13. The van der Waals surface area contributed by atoms with Crippen molar-refractivity contribution in [2.45, 2.75) is 22.8 Å². The first kappa shape index (κ1) is 19.0. The van der Waals surface area contributed by atoms with Crippen molar-refractivity contribution in [3.05, 3.63) is 87.3 Å². The van der Waals surface area contributed by atoms with Crippen LogP contribution in [0.1, 0.15) is 33.2 Å². The Morgan fingerprint density at radius 1 is 1.03 bits per heavy atom. The lowest BCUT2D eigenvalue weighted by atomic mass is 9.93. The maximum atomic E-state index is 13.5. The van der Waals surface area contributed by atoms with Gasteiger partial charge in [0.25, 0.3) is 5.91 Å². The number of nitrogens with zero attached hydrogens (tertiary/aromatic N) is 3. The highest BCUT2D eigenvalue weighted by molar-refractivity contribution is 7.98. The summed E-state index contributed by atoms with van der Waals surface area (Å²) in [6.07, 6.45) is 1.82. The number of carbonyl (C=O) groups excluding carboxylic acids is 1. The number of aromatic nitrogens is 1. The zero-order chi connectivity index (χ0) is 22.7. The quantitative estimate of drug-likeness (QED) is 0.544. The highest BCUT2D eigenvalue weighted by atomic mass is 32.2. The summed E-state index contributed by atoms with van der Waals surface area (Å²) >= 11 is 1.80. The largest absolute Gasteiger partial charge is 0.502 e. The van der Waals surface area contributed by atoms with Crippen LogP contribution in [0.4, 0.5) is 0 Å². The predicted molar refractivity (Wildman–Crippen MR) is 126 cm³/mol. The minimum Gasteiger partial charge on any atom is -0.502 e. The third kappa shape index (κ3) is 2.39. The molecular weight excluding hydrogens is 450 g/mol. The summed E-state index contributed by atoms with van der Waals surface area (Å²) in [6.45, 7) is 0.978. The maximum absolute atomic E-state index is 13.5. The van der Waals surface area contributed by atoms with Gasteiger partial charge in [-0.2, -0.15) is 0 Å². The van der Waals surface area contributed by atoms with E-state index in [4.69, 9.17) is 4.74 Å². The van der Waals surface area contributed by atoms with E-state index in [0.717, 1.165) is 22.6 Å². The molecule has 0 radical (unpaired) electrons. The fourth-order valence-corrected chi connectivity index (χ4v) is 7.30. The average molecular weight is 472 g/mol. The van der Waals surface area contributed by atoms with Gasteiger partial charge in [0.05, 0.1) is 0 Å². The molecule has 0 spiro atoms. The van der Waals surface area contributed by atoms with Gasteiger partial charge in [-0.3, -0.25) is 19.3 Å². The molecule has 2 fully saturated rings. The molecular formula is C26H21N3O4S. The molecule has 34 heavy (non-hydrogen) atoms. The summed E-state index contributed by atoms with van der Waals surface area (Å²) in [6, 6.07) is 15.7. The molecule has 1 amide bonds. The van der Waals surface area contributed by atoms with Crippen LogP contribution in [0.2, 0.25) is 0 Å².